The summed E-state index contributed by atoms with van der Waals surface area (Å²) in [4.78, 5) is 11.7. The second-order valence-corrected chi connectivity index (χ2v) is 4.35. The molecule has 0 aromatic carbocycles. The fourth-order valence-corrected chi connectivity index (χ4v) is 1.82. The smallest absolute Gasteiger partial charge is 0.287 e. The average Bonchev–Trinajstić information content (AvgIpc) is 2.57. The van der Waals surface area contributed by atoms with Gasteiger partial charge in [-0.15, -0.1) is 12.4 Å². The fourth-order valence-electron chi connectivity index (χ4n) is 1.32. The molecule has 0 saturated carbocycles. The van der Waals surface area contributed by atoms with Gasteiger partial charge in [-0.2, -0.15) is 0 Å². The lowest BCUT2D eigenvalue weighted by molar-refractivity contribution is 0.0924. The van der Waals surface area contributed by atoms with Crippen LogP contribution < -0.4 is 10.6 Å². The van der Waals surface area contributed by atoms with Crippen LogP contribution in [0.1, 0.15) is 29.5 Å². The second kappa shape index (κ2) is 8.55. The van der Waals surface area contributed by atoms with Crippen molar-refractivity contribution in [3.8, 4) is 0 Å². The first-order chi connectivity index (χ1) is 7.65. The molecular weight excluding hydrogens is 307 g/mol. The van der Waals surface area contributed by atoms with E-state index in [2.05, 4.69) is 33.5 Å². The Bertz CT molecular complexity index is 355. The molecule has 0 atom stereocenters. The number of carbonyl (C=O) groups is 1. The zero-order chi connectivity index (χ0) is 12.0. The average molecular weight is 326 g/mol. The Labute approximate surface area is 116 Å². The molecule has 2 N–H and O–H groups in total. The number of halogens is 2. The molecule has 1 aromatic heterocycles. The highest BCUT2D eigenvalue weighted by atomic mass is 79.9. The fraction of sp³-hybridized carbons (Fsp3) is 0.545. The summed E-state index contributed by atoms with van der Waals surface area (Å²) in [6.45, 7) is 6.31. The molecule has 0 aliphatic rings. The summed E-state index contributed by atoms with van der Waals surface area (Å²) in [5.41, 5.74) is 0.839. The van der Waals surface area contributed by atoms with Crippen LogP contribution in [-0.2, 0) is 0 Å². The van der Waals surface area contributed by atoms with Crippen molar-refractivity contribution in [1.82, 2.24) is 10.6 Å². The molecule has 0 aliphatic heterocycles. The Morgan fingerprint density at radius 3 is 2.65 bits per heavy atom. The quantitative estimate of drug-likeness (QED) is 0.790. The Kier molecular flexibility index (Phi) is 8.29. The predicted octanol–water partition coefficient (Wildman–Crippen LogP) is 2.50. The highest BCUT2D eigenvalue weighted by Gasteiger charge is 2.13. The van der Waals surface area contributed by atoms with Gasteiger partial charge in [0.25, 0.3) is 5.91 Å². The number of rotatable bonds is 6. The number of hydrogen-bond acceptors (Lipinski definition) is 3. The van der Waals surface area contributed by atoms with E-state index in [0.717, 1.165) is 25.1 Å². The lowest BCUT2D eigenvalue weighted by Crippen LogP contribution is -2.32. The van der Waals surface area contributed by atoms with Crippen LogP contribution in [0.3, 0.4) is 0 Å². The molecule has 6 heteroatoms. The third kappa shape index (κ3) is 5.57. The van der Waals surface area contributed by atoms with Gasteiger partial charge in [0.15, 0.2) is 10.4 Å². The van der Waals surface area contributed by atoms with E-state index in [1.807, 2.05) is 6.92 Å². The minimum atomic E-state index is -0.165. The molecule has 1 aromatic rings. The van der Waals surface area contributed by atoms with Gasteiger partial charge in [-0.05, 0) is 41.9 Å². The molecule has 1 amide bonds. The highest BCUT2D eigenvalue weighted by Crippen LogP contribution is 2.19. The summed E-state index contributed by atoms with van der Waals surface area (Å²) < 4.78 is 5.82. The van der Waals surface area contributed by atoms with Gasteiger partial charge >= 0.3 is 0 Å². The Hall–Kier alpha value is -0.520. The van der Waals surface area contributed by atoms with Gasteiger partial charge in [0.05, 0.1) is 0 Å². The number of furan rings is 1. The van der Waals surface area contributed by atoms with Crippen molar-refractivity contribution in [2.24, 2.45) is 0 Å². The summed E-state index contributed by atoms with van der Waals surface area (Å²) >= 11 is 3.19. The molecule has 17 heavy (non-hydrogen) atoms. The van der Waals surface area contributed by atoms with Crippen LogP contribution in [0.4, 0.5) is 0 Å². The Morgan fingerprint density at radius 1 is 1.41 bits per heavy atom. The van der Waals surface area contributed by atoms with Crippen molar-refractivity contribution in [2.45, 2.75) is 20.3 Å². The van der Waals surface area contributed by atoms with Gasteiger partial charge in [0, 0.05) is 18.7 Å². The van der Waals surface area contributed by atoms with Gasteiger partial charge in [-0.1, -0.05) is 6.92 Å². The number of aryl methyl sites for hydroxylation is 1. The number of amides is 1. The third-order valence-corrected chi connectivity index (χ3v) is 2.50. The summed E-state index contributed by atoms with van der Waals surface area (Å²) in [5.74, 6) is 0.212. The van der Waals surface area contributed by atoms with Crippen molar-refractivity contribution in [3.05, 3.63) is 22.1 Å². The SMILES string of the molecule is CCCNCCNC(=O)c1oc(Br)cc1C.Cl. The number of nitrogens with one attached hydrogen (secondary N) is 2. The molecule has 1 rings (SSSR count). The van der Waals surface area contributed by atoms with Gasteiger partial charge in [-0.3, -0.25) is 4.79 Å². The molecular formula is C11H18BrClN2O2. The van der Waals surface area contributed by atoms with Crippen molar-refractivity contribution < 1.29 is 9.21 Å². The Morgan fingerprint density at radius 2 is 2.12 bits per heavy atom. The monoisotopic (exact) mass is 324 g/mol. The van der Waals surface area contributed by atoms with Gasteiger partial charge in [-0.25, -0.2) is 0 Å². The predicted molar refractivity (Wildman–Crippen MR) is 73.9 cm³/mol. The Balaban J connectivity index is 0.00000256. The lowest BCUT2D eigenvalue weighted by Gasteiger charge is -2.04. The molecule has 0 fully saturated rings. The first-order valence-corrected chi connectivity index (χ1v) is 6.19. The zero-order valence-corrected chi connectivity index (χ0v) is 12.4. The van der Waals surface area contributed by atoms with Crippen molar-refractivity contribution in [1.29, 1.82) is 0 Å². The molecule has 0 bridgehead atoms. The normalized spacial score (nSPS) is 9.82. The van der Waals surface area contributed by atoms with Gasteiger partial charge in [0.1, 0.15) is 0 Å². The van der Waals surface area contributed by atoms with E-state index in [9.17, 15) is 4.79 Å². The van der Waals surface area contributed by atoms with Crippen LogP contribution in [0.15, 0.2) is 15.2 Å². The first kappa shape index (κ1) is 16.5. The van der Waals surface area contributed by atoms with E-state index in [1.165, 1.54) is 0 Å². The number of carbonyl (C=O) groups excluding carboxylic acids is 1. The van der Waals surface area contributed by atoms with E-state index >= 15 is 0 Å². The maximum atomic E-state index is 11.7. The van der Waals surface area contributed by atoms with Crippen LogP contribution in [-0.4, -0.2) is 25.5 Å². The van der Waals surface area contributed by atoms with Crippen molar-refractivity contribution >= 4 is 34.2 Å². The lowest BCUT2D eigenvalue weighted by atomic mass is 10.3. The standard InChI is InChI=1S/C11H17BrN2O2.ClH/c1-3-4-13-5-6-14-11(15)10-8(2)7-9(12)16-10;/h7,13H,3-6H2,1-2H3,(H,14,15);1H. The minimum Gasteiger partial charge on any atom is -0.444 e. The van der Waals surface area contributed by atoms with E-state index in [-0.39, 0.29) is 18.3 Å². The minimum absolute atomic E-state index is 0. The van der Waals surface area contributed by atoms with E-state index in [0.29, 0.717) is 17.0 Å². The molecule has 0 aliphatic carbocycles. The number of hydrogen-bond donors (Lipinski definition) is 2. The summed E-state index contributed by atoms with van der Waals surface area (Å²) in [6, 6.07) is 1.78. The van der Waals surface area contributed by atoms with E-state index in [4.69, 9.17) is 4.42 Å². The van der Waals surface area contributed by atoms with Gasteiger partial charge < -0.3 is 15.1 Å². The second-order valence-electron chi connectivity index (χ2n) is 3.57. The molecule has 0 saturated heterocycles. The van der Waals surface area contributed by atoms with Crippen LogP contribution in [0.25, 0.3) is 0 Å². The largest absolute Gasteiger partial charge is 0.444 e. The molecule has 4 nitrogen and oxygen atoms in total. The van der Waals surface area contributed by atoms with Crippen LogP contribution in [0, 0.1) is 6.92 Å². The summed E-state index contributed by atoms with van der Waals surface area (Å²) in [5, 5.41) is 6.00. The molecule has 1 heterocycles. The third-order valence-electron chi connectivity index (χ3n) is 2.11. The van der Waals surface area contributed by atoms with Crippen LogP contribution in [0.2, 0.25) is 0 Å². The first-order valence-electron chi connectivity index (χ1n) is 5.40. The van der Waals surface area contributed by atoms with Crippen LogP contribution in [0.5, 0.6) is 0 Å². The molecule has 0 unspecified atom stereocenters. The van der Waals surface area contributed by atoms with Crippen molar-refractivity contribution in [2.75, 3.05) is 19.6 Å². The van der Waals surface area contributed by atoms with Crippen molar-refractivity contribution in [3.63, 3.8) is 0 Å². The zero-order valence-electron chi connectivity index (χ0n) is 10.0. The van der Waals surface area contributed by atoms with E-state index < -0.39 is 0 Å². The maximum Gasteiger partial charge on any atom is 0.287 e. The molecule has 98 valence electrons. The molecule has 0 radical (unpaired) electrons. The van der Waals surface area contributed by atoms with E-state index in [1.54, 1.807) is 6.07 Å². The van der Waals surface area contributed by atoms with Crippen LogP contribution >= 0.6 is 28.3 Å². The summed E-state index contributed by atoms with van der Waals surface area (Å²) in [6.07, 6.45) is 1.10. The summed E-state index contributed by atoms with van der Waals surface area (Å²) in [7, 11) is 0. The van der Waals surface area contributed by atoms with Gasteiger partial charge in [0.2, 0.25) is 0 Å². The topological polar surface area (TPSA) is 54.3 Å². The molecule has 0 spiro atoms. The maximum absolute atomic E-state index is 11.7. The highest BCUT2D eigenvalue weighted by molar-refractivity contribution is 9.10.